The molecule has 4 rings (SSSR count). The molecule has 196 valence electrons. The van der Waals surface area contributed by atoms with E-state index in [1.54, 1.807) is 36.4 Å². The number of aliphatic hydroxyl groups is 2. The van der Waals surface area contributed by atoms with Gasteiger partial charge in [-0.05, 0) is 37.3 Å². The monoisotopic (exact) mass is 531 g/mol. The predicted molar refractivity (Wildman–Crippen MR) is 129 cm³/mol. The number of aromatic nitrogens is 2. The fraction of sp³-hybridized carbons (Fsp3) is 0.348. The molecular formula is C23H26N5O8P. The van der Waals surface area contributed by atoms with Crippen LogP contribution in [0.3, 0.4) is 0 Å². The Morgan fingerprint density at radius 3 is 2.73 bits per heavy atom. The third-order valence-corrected chi connectivity index (χ3v) is 7.49. The third kappa shape index (κ3) is 5.17. The van der Waals surface area contributed by atoms with Crippen molar-refractivity contribution in [3.8, 4) is 11.8 Å². The Labute approximate surface area is 211 Å². The maximum absolute atomic E-state index is 13.6. The molecule has 0 aliphatic carbocycles. The fourth-order valence-electron chi connectivity index (χ4n) is 3.92. The van der Waals surface area contributed by atoms with Crippen molar-refractivity contribution in [3.63, 3.8) is 0 Å². The van der Waals surface area contributed by atoms with Crippen LogP contribution in [-0.4, -0.2) is 63.4 Å². The molecule has 2 aromatic heterocycles. The topological polar surface area (TPSA) is 191 Å². The van der Waals surface area contributed by atoms with Gasteiger partial charge in [0.1, 0.15) is 42.8 Å². The number of aliphatic hydroxyl groups excluding tert-OH is 2. The van der Waals surface area contributed by atoms with Crippen molar-refractivity contribution in [2.75, 3.05) is 19.5 Å². The summed E-state index contributed by atoms with van der Waals surface area (Å²) in [6.07, 6.45) is -3.08. The quantitative estimate of drug-likeness (QED) is 0.229. The second-order valence-electron chi connectivity index (χ2n) is 8.37. The number of carbonyl (C=O) groups excluding carboxylic acids is 1. The van der Waals surface area contributed by atoms with Crippen molar-refractivity contribution in [1.29, 1.82) is 5.26 Å². The zero-order valence-corrected chi connectivity index (χ0v) is 20.8. The van der Waals surface area contributed by atoms with E-state index in [1.165, 1.54) is 29.8 Å². The summed E-state index contributed by atoms with van der Waals surface area (Å²) in [5, 5.41) is 38.3. The fourth-order valence-corrected chi connectivity index (χ4v) is 5.44. The van der Waals surface area contributed by atoms with E-state index in [2.05, 4.69) is 14.9 Å². The molecule has 1 fully saturated rings. The first-order valence-corrected chi connectivity index (χ1v) is 12.7. The van der Waals surface area contributed by atoms with Gasteiger partial charge in [0.05, 0.1) is 24.0 Å². The van der Waals surface area contributed by atoms with Crippen molar-refractivity contribution in [1.82, 2.24) is 14.7 Å². The maximum atomic E-state index is 13.6. The van der Waals surface area contributed by atoms with Crippen LogP contribution in [-0.2, 0) is 23.4 Å². The van der Waals surface area contributed by atoms with Gasteiger partial charge in [0, 0.05) is 6.20 Å². The van der Waals surface area contributed by atoms with Gasteiger partial charge in [-0.2, -0.15) is 15.4 Å². The number of hydrogen-bond donors (Lipinski definition) is 4. The maximum Gasteiger partial charge on any atom is 0.459 e. The van der Waals surface area contributed by atoms with E-state index in [1.807, 2.05) is 6.07 Å². The van der Waals surface area contributed by atoms with E-state index in [9.17, 15) is 24.8 Å². The van der Waals surface area contributed by atoms with Crippen LogP contribution in [0.2, 0.25) is 0 Å². The Hall–Kier alpha value is -3.50. The smallest absolute Gasteiger partial charge is 0.459 e. The normalized spacial score (nSPS) is 25.8. The average molecular weight is 531 g/mol. The van der Waals surface area contributed by atoms with E-state index < -0.39 is 50.3 Å². The second-order valence-corrected chi connectivity index (χ2v) is 10.1. The highest BCUT2D eigenvalue weighted by Crippen LogP contribution is 2.48. The summed E-state index contributed by atoms with van der Waals surface area (Å²) >= 11 is 0. The Morgan fingerprint density at radius 2 is 2.05 bits per heavy atom. The number of fused-ring (bicyclic) bond motifs is 1. The van der Waals surface area contributed by atoms with Crippen molar-refractivity contribution < 1.29 is 38.1 Å². The number of para-hydroxylation sites is 1. The van der Waals surface area contributed by atoms with Crippen LogP contribution in [0.15, 0.2) is 54.7 Å². The number of esters is 1. The first-order valence-electron chi connectivity index (χ1n) is 11.2. The van der Waals surface area contributed by atoms with E-state index in [-0.39, 0.29) is 5.75 Å². The van der Waals surface area contributed by atoms with E-state index in [0.29, 0.717) is 16.9 Å². The molecule has 37 heavy (non-hydrogen) atoms. The number of methoxy groups -OCH3 is 1. The largest absolute Gasteiger partial charge is 0.468 e. The van der Waals surface area contributed by atoms with Crippen molar-refractivity contribution in [2.45, 2.75) is 36.9 Å². The molecule has 6 atom stereocenters. The van der Waals surface area contributed by atoms with Gasteiger partial charge in [0.2, 0.25) is 5.60 Å². The standard InChI is InChI=1S/C23H26N5O8P/c1-14(22(31)33-2)27-37(32,36-15-6-4-3-5-7-15)34-13-23(12-24)21(30)19(29)20(35-23)18-9-8-17-16(25)10-11-26-28(17)18/h3-11,14,19-21,29-30H,13,25H2,1-2H3,(H,27,32)/t14-,19-,20-,21-,23+,37-/m0/s1. The van der Waals surface area contributed by atoms with Gasteiger partial charge < -0.3 is 29.9 Å². The SMILES string of the molecule is COC(=O)[C@H](C)N[P@](=O)(OC[C@@]1(C#N)O[C@@H](c2ccc3c(N)ccnn23)[C@H](O)[C@@H]1O)Oc1ccccc1. The molecule has 3 heterocycles. The lowest BCUT2D eigenvalue weighted by Crippen LogP contribution is -2.46. The molecular weight excluding hydrogens is 505 g/mol. The highest BCUT2D eigenvalue weighted by atomic mass is 31.2. The average Bonchev–Trinajstić information content (AvgIpc) is 3.43. The molecule has 0 spiro atoms. The van der Waals surface area contributed by atoms with Gasteiger partial charge in [-0.3, -0.25) is 9.32 Å². The minimum atomic E-state index is -4.35. The molecule has 5 N–H and O–H groups in total. The lowest BCUT2D eigenvalue weighted by Gasteiger charge is -2.28. The highest BCUT2D eigenvalue weighted by molar-refractivity contribution is 7.52. The molecule has 0 bridgehead atoms. The van der Waals surface area contributed by atoms with Crippen molar-refractivity contribution in [3.05, 3.63) is 60.4 Å². The summed E-state index contributed by atoms with van der Waals surface area (Å²) in [6.45, 7) is 0.593. The Kier molecular flexibility index (Phi) is 7.52. The zero-order valence-electron chi connectivity index (χ0n) is 19.9. The number of ether oxygens (including phenoxy) is 2. The number of rotatable bonds is 9. The summed E-state index contributed by atoms with van der Waals surface area (Å²) in [5.74, 6) is -0.592. The summed E-state index contributed by atoms with van der Waals surface area (Å²) in [4.78, 5) is 11.9. The van der Waals surface area contributed by atoms with Crippen LogP contribution in [0, 0.1) is 11.3 Å². The Bertz CT molecular complexity index is 1360. The lowest BCUT2D eigenvalue weighted by molar-refractivity contribution is -0.142. The number of carbonyl (C=O) groups is 1. The second kappa shape index (κ2) is 10.5. The molecule has 0 amide bonds. The molecule has 0 radical (unpaired) electrons. The minimum Gasteiger partial charge on any atom is -0.468 e. The van der Waals surface area contributed by atoms with Gasteiger partial charge in [-0.25, -0.2) is 9.08 Å². The van der Waals surface area contributed by atoms with Crippen LogP contribution in [0.5, 0.6) is 5.75 Å². The molecule has 1 aromatic carbocycles. The first kappa shape index (κ1) is 26.6. The number of nitrogens with one attached hydrogen (secondary N) is 1. The predicted octanol–water partition coefficient (Wildman–Crippen LogP) is 1.33. The highest BCUT2D eigenvalue weighted by Gasteiger charge is 2.57. The lowest BCUT2D eigenvalue weighted by atomic mass is 9.96. The number of nitriles is 1. The summed E-state index contributed by atoms with van der Waals surface area (Å²) < 4.78 is 36.6. The minimum absolute atomic E-state index is 0.149. The van der Waals surface area contributed by atoms with Gasteiger partial charge in [-0.15, -0.1) is 0 Å². The third-order valence-electron chi connectivity index (χ3n) is 5.87. The van der Waals surface area contributed by atoms with Crippen LogP contribution < -0.4 is 15.3 Å². The van der Waals surface area contributed by atoms with Crippen LogP contribution in [0.1, 0.15) is 18.7 Å². The summed E-state index contributed by atoms with van der Waals surface area (Å²) in [5.41, 5.74) is 5.10. The van der Waals surface area contributed by atoms with Gasteiger partial charge >= 0.3 is 13.7 Å². The molecule has 0 saturated carbocycles. The zero-order chi connectivity index (χ0) is 26.8. The Morgan fingerprint density at radius 1 is 1.32 bits per heavy atom. The van der Waals surface area contributed by atoms with Gasteiger partial charge in [-0.1, -0.05) is 18.2 Å². The Balaban J connectivity index is 1.60. The first-order chi connectivity index (χ1) is 17.6. The summed E-state index contributed by atoms with van der Waals surface area (Å²) in [6, 6.07) is 13.6. The number of benzene rings is 1. The molecule has 1 aliphatic heterocycles. The van der Waals surface area contributed by atoms with Crippen molar-refractivity contribution >= 4 is 24.9 Å². The van der Waals surface area contributed by atoms with E-state index in [0.717, 1.165) is 7.11 Å². The van der Waals surface area contributed by atoms with Gasteiger partial charge in [0.25, 0.3) is 0 Å². The molecule has 0 unspecified atom stereocenters. The molecule has 1 aliphatic rings. The number of nitrogens with zero attached hydrogens (tertiary/aromatic N) is 3. The number of nitrogens with two attached hydrogens (primary N) is 1. The van der Waals surface area contributed by atoms with Crippen LogP contribution >= 0.6 is 7.75 Å². The molecule has 14 heteroatoms. The number of nitrogen functional groups attached to an aromatic ring is 1. The van der Waals surface area contributed by atoms with Crippen LogP contribution in [0.25, 0.3) is 5.52 Å². The van der Waals surface area contributed by atoms with Gasteiger partial charge in [0.15, 0.2) is 0 Å². The molecule has 1 saturated heterocycles. The number of anilines is 1. The van der Waals surface area contributed by atoms with Crippen molar-refractivity contribution in [2.24, 2.45) is 0 Å². The van der Waals surface area contributed by atoms with E-state index in [4.69, 9.17) is 19.5 Å². The van der Waals surface area contributed by atoms with Crippen LogP contribution in [0.4, 0.5) is 5.69 Å². The molecule has 3 aromatic rings. The van der Waals surface area contributed by atoms with E-state index >= 15 is 0 Å². The summed E-state index contributed by atoms with van der Waals surface area (Å²) in [7, 11) is -3.19. The molecule has 13 nitrogen and oxygen atoms in total. The number of hydrogen-bond acceptors (Lipinski definition) is 11.